The zero-order valence-electron chi connectivity index (χ0n) is 16.3. The Morgan fingerprint density at radius 1 is 0.923 bits per heavy atom. The lowest BCUT2D eigenvalue weighted by Gasteiger charge is -2.57. The molecule has 6 rings (SSSR count). The van der Waals surface area contributed by atoms with Gasteiger partial charge in [0.05, 0.1) is 5.41 Å². The lowest BCUT2D eigenvalue weighted by molar-refractivity contribution is -0.158. The number of nitrogens with zero attached hydrogens (tertiary/aromatic N) is 2. The molecular formula is C23H32N2O. The third kappa shape index (κ3) is 2.66. The van der Waals surface area contributed by atoms with E-state index < -0.39 is 0 Å². The van der Waals surface area contributed by atoms with Crippen LogP contribution in [0.4, 0.5) is 5.69 Å². The lowest BCUT2D eigenvalue weighted by atomic mass is 9.49. The number of hydrogen-bond donors (Lipinski definition) is 0. The van der Waals surface area contributed by atoms with E-state index in [9.17, 15) is 4.79 Å². The predicted molar refractivity (Wildman–Crippen MR) is 105 cm³/mol. The number of carbonyl (C=O) groups is 1. The topological polar surface area (TPSA) is 23.6 Å². The lowest BCUT2D eigenvalue weighted by Crippen LogP contribution is -2.58. The van der Waals surface area contributed by atoms with Crippen LogP contribution in [0.5, 0.6) is 0 Å². The molecule has 3 nitrogen and oxygen atoms in total. The molecule has 4 aliphatic carbocycles. The van der Waals surface area contributed by atoms with E-state index >= 15 is 0 Å². The molecule has 0 spiro atoms. The van der Waals surface area contributed by atoms with E-state index in [1.165, 1.54) is 55.3 Å². The summed E-state index contributed by atoms with van der Waals surface area (Å²) in [6, 6.07) is 6.72. The van der Waals surface area contributed by atoms with E-state index in [4.69, 9.17) is 0 Å². The first kappa shape index (κ1) is 16.6. The monoisotopic (exact) mass is 352 g/mol. The average Bonchev–Trinajstić information content (AvgIpc) is 2.60. The minimum Gasteiger partial charge on any atom is -0.368 e. The van der Waals surface area contributed by atoms with E-state index in [0.717, 1.165) is 43.9 Å². The van der Waals surface area contributed by atoms with Gasteiger partial charge >= 0.3 is 0 Å². The normalized spacial score (nSPS) is 35.8. The Hall–Kier alpha value is -1.51. The highest BCUT2D eigenvalue weighted by Gasteiger charge is 2.55. The molecule has 1 aromatic carbocycles. The van der Waals surface area contributed by atoms with Gasteiger partial charge in [0.15, 0.2) is 0 Å². The fraction of sp³-hybridized carbons (Fsp3) is 0.696. The second-order valence-electron chi connectivity index (χ2n) is 9.77. The highest BCUT2D eigenvalue weighted by Crippen LogP contribution is 2.60. The van der Waals surface area contributed by atoms with Crippen molar-refractivity contribution in [1.82, 2.24) is 4.90 Å². The number of hydrogen-bond acceptors (Lipinski definition) is 2. The van der Waals surface area contributed by atoms with Crippen molar-refractivity contribution < 1.29 is 4.79 Å². The van der Waals surface area contributed by atoms with Gasteiger partial charge in [-0.05, 0) is 81.8 Å². The Labute approximate surface area is 157 Å². The SMILES string of the molecule is Cc1ccc(N2CCN(C(=O)C34CC5CC(CC(C5)C3)C4)CC2)c(C)c1. The Morgan fingerprint density at radius 3 is 2.04 bits per heavy atom. The van der Waals surface area contributed by atoms with Crippen molar-refractivity contribution in [3.8, 4) is 0 Å². The van der Waals surface area contributed by atoms with E-state index in [2.05, 4.69) is 41.8 Å². The van der Waals surface area contributed by atoms with Crippen molar-refractivity contribution in [3.63, 3.8) is 0 Å². The van der Waals surface area contributed by atoms with E-state index in [0.29, 0.717) is 5.91 Å². The molecular weight excluding hydrogens is 320 g/mol. The van der Waals surface area contributed by atoms with Gasteiger partial charge in [-0.15, -0.1) is 0 Å². The molecule has 1 heterocycles. The quantitative estimate of drug-likeness (QED) is 0.797. The van der Waals surface area contributed by atoms with E-state index in [1.807, 2.05) is 0 Å². The van der Waals surface area contributed by atoms with Gasteiger partial charge in [-0.3, -0.25) is 4.79 Å². The van der Waals surface area contributed by atoms with E-state index in [-0.39, 0.29) is 5.41 Å². The van der Waals surface area contributed by atoms with Gasteiger partial charge in [-0.25, -0.2) is 0 Å². The Kier molecular flexibility index (Phi) is 3.84. The van der Waals surface area contributed by atoms with Gasteiger partial charge in [0.25, 0.3) is 0 Å². The smallest absolute Gasteiger partial charge is 0.228 e. The molecule has 0 N–H and O–H groups in total. The molecule has 0 atom stereocenters. The molecule has 1 amide bonds. The second kappa shape index (κ2) is 6.00. The summed E-state index contributed by atoms with van der Waals surface area (Å²) in [6.45, 7) is 8.10. The molecule has 4 saturated carbocycles. The van der Waals surface area contributed by atoms with Gasteiger partial charge < -0.3 is 9.80 Å². The summed E-state index contributed by atoms with van der Waals surface area (Å²) >= 11 is 0. The third-order valence-electron chi connectivity index (χ3n) is 7.75. The summed E-state index contributed by atoms with van der Waals surface area (Å²) in [5.74, 6) is 3.06. The molecule has 1 aliphatic heterocycles. The summed E-state index contributed by atoms with van der Waals surface area (Å²) in [5, 5.41) is 0. The summed E-state index contributed by atoms with van der Waals surface area (Å²) < 4.78 is 0. The molecule has 0 aromatic heterocycles. The van der Waals surface area contributed by atoms with Gasteiger partial charge in [-0.2, -0.15) is 0 Å². The molecule has 4 bridgehead atoms. The van der Waals surface area contributed by atoms with Crippen molar-refractivity contribution in [2.24, 2.45) is 23.2 Å². The van der Waals surface area contributed by atoms with E-state index in [1.54, 1.807) is 0 Å². The van der Waals surface area contributed by atoms with Crippen LogP contribution in [0.15, 0.2) is 18.2 Å². The molecule has 1 aromatic rings. The minimum absolute atomic E-state index is 0.0245. The molecule has 0 unspecified atom stereocenters. The second-order valence-corrected chi connectivity index (χ2v) is 9.77. The number of amides is 1. The van der Waals surface area contributed by atoms with Crippen LogP contribution in [0, 0.1) is 37.0 Å². The maximum absolute atomic E-state index is 13.5. The summed E-state index contributed by atoms with van der Waals surface area (Å²) in [5.41, 5.74) is 4.04. The number of aryl methyl sites for hydroxylation is 2. The Bertz CT molecular complexity index is 682. The first-order valence-corrected chi connectivity index (χ1v) is 10.6. The molecule has 140 valence electrons. The summed E-state index contributed by atoms with van der Waals surface area (Å²) in [7, 11) is 0. The fourth-order valence-electron chi connectivity index (χ4n) is 7.02. The van der Waals surface area contributed by atoms with Gasteiger partial charge in [0.2, 0.25) is 5.91 Å². The van der Waals surface area contributed by atoms with Crippen molar-refractivity contribution in [2.45, 2.75) is 52.4 Å². The third-order valence-corrected chi connectivity index (χ3v) is 7.75. The number of benzene rings is 1. The van der Waals surface area contributed by atoms with Crippen LogP contribution >= 0.6 is 0 Å². The van der Waals surface area contributed by atoms with Crippen molar-refractivity contribution in [2.75, 3.05) is 31.1 Å². The number of rotatable bonds is 2. The van der Waals surface area contributed by atoms with Crippen LogP contribution in [0.1, 0.15) is 49.7 Å². The maximum atomic E-state index is 13.5. The van der Waals surface area contributed by atoms with Crippen molar-refractivity contribution >= 4 is 11.6 Å². The zero-order valence-corrected chi connectivity index (χ0v) is 16.3. The predicted octanol–water partition coefficient (Wildman–Crippen LogP) is 4.17. The number of carbonyl (C=O) groups excluding carboxylic acids is 1. The van der Waals surface area contributed by atoms with Crippen LogP contribution in [0.2, 0.25) is 0 Å². The van der Waals surface area contributed by atoms with Crippen molar-refractivity contribution in [1.29, 1.82) is 0 Å². The summed E-state index contributed by atoms with van der Waals surface area (Å²) in [4.78, 5) is 18.2. The Balaban J connectivity index is 1.28. The van der Waals surface area contributed by atoms with Gasteiger partial charge in [-0.1, -0.05) is 17.7 Å². The average molecular weight is 353 g/mol. The molecule has 1 saturated heterocycles. The Morgan fingerprint density at radius 2 is 1.50 bits per heavy atom. The standard InChI is InChI=1S/C23H32N2O/c1-16-3-4-21(17(2)9-16)24-5-7-25(8-6-24)22(26)23-13-18-10-19(14-23)12-20(11-18)15-23/h3-4,9,18-20H,5-8,10-15H2,1-2H3. The maximum Gasteiger partial charge on any atom is 0.228 e. The molecule has 5 fully saturated rings. The van der Waals surface area contributed by atoms with Crippen LogP contribution in [-0.2, 0) is 4.79 Å². The summed E-state index contributed by atoms with van der Waals surface area (Å²) in [6.07, 6.45) is 7.80. The first-order valence-electron chi connectivity index (χ1n) is 10.6. The number of anilines is 1. The molecule has 3 heteroatoms. The minimum atomic E-state index is 0.0245. The van der Waals surface area contributed by atoms with Crippen LogP contribution < -0.4 is 4.90 Å². The van der Waals surface area contributed by atoms with Crippen molar-refractivity contribution in [3.05, 3.63) is 29.3 Å². The van der Waals surface area contributed by atoms with Crippen LogP contribution in [0.25, 0.3) is 0 Å². The fourth-order valence-corrected chi connectivity index (χ4v) is 7.02. The molecule has 5 aliphatic rings. The van der Waals surface area contributed by atoms with Gasteiger partial charge in [0, 0.05) is 31.9 Å². The van der Waals surface area contributed by atoms with Crippen LogP contribution in [0.3, 0.4) is 0 Å². The zero-order chi connectivity index (χ0) is 17.9. The van der Waals surface area contributed by atoms with Crippen LogP contribution in [-0.4, -0.2) is 37.0 Å². The number of piperazine rings is 1. The highest BCUT2D eigenvalue weighted by molar-refractivity contribution is 5.83. The van der Waals surface area contributed by atoms with Gasteiger partial charge in [0.1, 0.15) is 0 Å². The first-order chi connectivity index (χ1) is 12.5. The molecule has 0 radical (unpaired) electrons. The highest BCUT2D eigenvalue weighted by atomic mass is 16.2. The largest absolute Gasteiger partial charge is 0.368 e. The molecule has 26 heavy (non-hydrogen) atoms.